The Morgan fingerprint density at radius 2 is 1.57 bits per heavy atom. The number of benzene rings is 2. The van der Waals surface area contributed by atoms with Crippen molar-refractivity contribution in [3.05, 3.63) is 59.7 Å². The molecule has 110 valence electrons. The second kappa shape index (κ2) is 7.31. The van der Waals surface area contributed by atoms with Gasteiger partial charge < -0.3 is 9.47 Å². The Hall–Kier alpha value is -2.53. The number of nitrogens with one attached hydrogen (secondary N) is 1. The summed E-state index contributed by atoms with van der Waals surface area (Å²) in [6.45, 7) is 0.459. The predicted octanol–water partition coefficient (Wildman–Crippen LogP) is 2.32. The van der Waals surface area contributed by atoms with Gasteiger partial charge in [-0.25, -0.2) is 5.48 Å². The summed E-state index contributed by atoms with van der Waals surface area (Å²) >= 11 is 0. The summed E-state index contributed by atoms with van der Waals surface area (Å²) in [5.41, 5.74) is 3.45. The molecule has 0 aliphatic heterocycles. The highest BCUT2D eigenvalue weighted by atomic mass is 16.5. The molecular weight excluding hydrogens is 270 g/mol. The lowest BCUT2D eigenvalue weighted by Gasteiger charge is -2.08. The van der Waals surface area contributed by atoms with Gasteiger partial charge in [0, 0.05) is 0 Å². The molecule has 0 unspecified atom stereocenters. The molecule has 2 aromatic rings. The molecule has 0 aliphatic carbocycles. The second-order valence-electron chi connectivity index (χ2n) is 4.49. The van der Waals surface area contributed by atoms with Gasteiger partial charge in [-0.1, -0.05) is 24.3 Å². The SMILES string of the molecule is COc1ccc(COc2ccc(CC(=O)NO)cc2)cc1. The van der Waals surface area contributed by atoms with E-state index in [4.69, 9.17) is 14.7 Å². The van der Waals surface area contributed by atoms with Crippen LogP contribution >= 0.6 is 0 Å². The summed E-state index contributed by atoms with van der Waals surface area (Å²) in [7, 11) is 1.63. The van der Waals surface area contributed by atoms with Gasteiger partial charge in [0.2, 0.25) is 5.91 Å². The fraction of sp³-hybridized carbons (Fsp3) is 0.188. The number of ether oxygens (including phenoxy) is 2. The molecule has 0 aliphatic rings. The first-order valence-corrected chi connectivity index (χ1v) is 6.49. The largest absolute Gasteiger partial charge is 0.497 e. The summed E-state index contributed by atoms with van der Waals surface area (Å²) in [4.78, 5) is 11.0. The van der Waals surface area contributed by atoms with Crippen molar-refractivity contribution in [3.63, 3.8) is 0 Å². The van der Waals surface area contributed by atoms with Gasteiger partial charge in [-0.3, -0.25) is 10.0 Å². The third-order valence-electron chi connectivity index (χ3n) is 2.98. The van der Waals surface area contributed by atoms with Gasteiger partial charge in [-0.05, 0) is 35.4 Å². The number of methoxy groups -OCH3 is 1. The fourth-order valence-corrected chi connectivity index (χ4v) is 1.82. The van der Waals surface area contributed by atoms with E-state index in [1.807, 2.05) is 24.3 Å². The average molecular weight is 287 g/mol. The molecule has 2 N–H and O–H groups in total. The predicted molar refractivity (Wildman–Crippen MR) is 77.4 cm³/mol. The maximum Gasteiger partial charge on any atom is 0.247 e. The first kappa shape index (κ1) is 14.9. The molecule has 0 atom stereocenters. The summed E-state index contributed by atoms with van der Waals surface area (Å²) in [6, 6.07) is 14.8. The molecule has 0 saturated heterocycles. The molecule has 5 heteroatoms. The zero-order valence-corrected chi connectivity index (χ0v) is 11.7. The minimum absolute atomic E-state index is 0.134. The van der Waals surface area contributed by atoms with Crippen LogP contribution < -0.4 is 15.0 Å². The highest BCUT2D eigenvalue weighted by molar-refractivity contribution is 5.77. The molecule has 0 bridgehead atoms. The maximum absolute atomic E-state index is 11.0. The Labute approximate surface area is 123 Å². The second-order valence-corrected chi connectivity index (χ2v) is 4.49. The van der Waals surface area contributed by atoms with Crippen LogP contribution in [0.5, 0.6) is 11.5 Å². The molecule has 2 rings (SSSR count). The van der Waals surface area contributed by atoms with Crippen molar-refractivity contribution >= 4 is 5.91 Å². The third-order valence-corrected chi connectivity index (χ3v) is 2.98. The van der Waals surface area contributed by atoms with Crippen LogP contribution in [0.15, 0.2) is 48.5 Å². The van der Waals surface area contributed by atoms with Crippen LogP contribution in [0.3, 0.4) is 0 Å². The van der Waals surface area contributed by atoms with E-state index in [9.17, 15) is 4.79 Å². The number of amides is 1. The first-order valence-electron chi connectivity index (χ1n) is 6.49. The lowest BCUT2D eigenvalue weighted by molar-refractivity contribution is -0.128. The van der Waals surface area contributed by atoms with Crippen molar-refractivity contribution in [2.24, 2.45) is 0 Å². The molecule has 1 amide bonds. The van der Waals surface area contributed by atoms with Crippen LogP contribution in [0.1, 0.15) is 11.1 Å². The van der Waals surface area contributed by atoms with E-state index >= 15 is 0 Å². The van der Waals surface area contributed by atoms with Gasteiger partial charge in [-0.2, -0.15) is 0 Å². The summed E-state index contributed by atoms with van der Waals surface area (Å²) in [5.74, 6) is 1.09. The fourth-order valence-electron chi connectivity index (χ4n) is 1.82. The zero-order chi connectivity index (χ0) is 15.1. The minimum atomic E-state index is -0.443. The Morgan fingerprint density at radius 1 is 1.00 bits per heavy atom. The standard InChI is InChI=1S/C16H17NO4/c1-20-14-6-4-13(5-7-14)11-21-15-8-2-12(3-9-15)10-16(18)17-19/h2-9,19H,10-11H2,1H3,(H,17,18). The lowest BCUT2D eigenvalue weighted by Crippen LogP contribution is -2.20. The van der Waals surface area contributed by atoms with Crippen LogP contribution in [-0.4, -0.2) is 18.2 Å². The van der Waals surface area contributed by atoms with E-state index < -0.39 is 5.91 Å². The van der Waals surface area contributed by atoms with Crippen molar-refractivity contribution in [3.8, 4) is 11.5 Å². The number of rotatable bonds is 6. The van der Waals surface area contributed by atoms with E-state index in [0.717, 1.165) is 22.6 Å². The molecule has 0 aromatic heterocycles. The Kier molecular flexibility index (Phi) is 5.17. The summed E-state index contributed by atoms with van der Waals surface area (Å²) in [5, 5.41) is 8.47. The molecule has 5 nitrogen and oxygen atoms in total. The number of hydrogen-bond acceptors (Lipinski definition) is 4. The van der Waals surface area contributed by atoms with Crippen LogP contribution in [0.4, 0.5) is 0 Å². The highest BCUT2D eigenvalue weighted by Crippen LogP contribution is 2.16. The van der Waals surface area contributed by atoms with Crippen molar-refractivity contribution in [1.82, 2.24) is 5.48 Å². The Morgan fingerprint density at radius 3 is 2.14 bits per heavy atom. The van der Waals surface area contributed by atoms with Crippen LogP contribution in [-0.2, 0) is 17.8 Å². The van der Waals surface area contributed by atoms with E-state index in [1.165, 1.54) is 0 Å². The summed E-state index contributed by atoms with van der Waals surface area (Å²) < 4.78 is 10.8. The molecule has 0 radical (unpaired) electrons. The van der Waals surface area contributed by atoms with Gasteiger partial charge in [0.05, 0.1) is 13.5 Å². The van der Waals surface area contributed by atoms with Crippen molar-refractivity contribution < 1.29 is 19.5 Å². The third kappa shape index (κ3) is 4.50. The van der Waals surface area contributed by atoms with Gasteiger partial charge in [0.15, 0.2) is 0 Å². The highest BCUT2D eigenvalue weighted by Gasteiger charge is 2.02. The molecule has 0 spiro atoms. The van der Waals surface area contributed by atoms with E-state index in [2.05, 4.69) is 0 Å². The maximum atomic E-state index is 11.0. The zero-order valence-electron chi connectivity index (χ0n) is 11.7. The normalized spacial score (nSPS) is 10.0. The van der Waals surface area contributed by atoms with Crippen LogP contribution in [0.25, 0.3) is 0 Å². The van der Waals surface area contributed by atoms with Crippen molar-refractivity contribution in [2.45, 2.75) is 13.0 Å². The minimum Gasteiger partial charge on any atom is -0.497 e. The number of carbonyl (C=O) groups excluding carboxylic acids is 1. The molecule has 21 heavy (non-hydrogen) atoms. The first-order chi connectivity index (χ1) is 10.2. The van der Waals surface area contributed by atoms with Gasteiger partial charge in [0.25, 0.3) is 0 Å². The van der Waals surface area contributed by atoms with Crippen LogP contribution in [0, 0.1) is 0 Å². The molecule has 0 fully saturated rings. The monoisotopic (exact) mass is 287 g/mol. The molecule has 0 saturated carbocycles. The Bertz CT molecular complexity index is 578. The van der Waals surface area contributed by atoms with E-state index in [0.29, 0.717) is 6.61 Å². The van der Waals surface area contributed by atoms with Crippen molar-refractivity contribution in [2.75, 3.05) is 7.11 Å². The molecular formula is C16H17NO4. The average Bonchev–Trinajstić information content (AvgIpc) is 2.54. The summed E-state index contributed by atoms with van der Waals surface area (Å²) in [6.07, 6.45) is 0.134. The van der Waals surface area contributed by atoms with Gasteiger partial charge >= 0.3 is 0 Å². The Balaban J connectivity index is 1.89. The number of hydrogen-bond donors (Lipinski definition) is 2. The lowest BCUT2D eigenvalue weighted by atomic mass is 10.1. The molecule has 0 heterocycles. The smallest absolute Gasteiger partial charge is 0.247 e. The topological polar surface area (TPSA) is 67.8 Å². The van der Waals surface area contributed by atoms with Crippen LogP contribution in [0.2, 0.25) is 0 Å². The van der Waals surface area contributed by atoms with Crippen molar-refractivity contribution in [1.29, 1.82) is 0 Å². The van der Waals surface area contributed by atoms with Gasteiger partial charge in [0.1, 0.15) is 18.1 Å². The molecule has 2 aromatic carbocycles. The van der Waals surface area contributed by atoms with Gasteiger partial charge in [-0.15, -0.1) is 0 Å². The number of hydroxylamine groups is 1. The number of carbonyl (C=O) groups is 1. The van der Waals surface area contributed by atoms with E-state index in [-0.39, 0.29) is 6.42 Å². The quantitative estimate of drug-likeness (QED) is 0.632. The van der Waals surface area contributed by atoms with E-state index in [1.54, 1.807) is 36.9 Å².